The molecule has 1 unspecified atom stereocenters. The topological polar surface area (TPSA) is 75.3 Å². The van der Waals surface area contributed by atoms with Crippen molar-refractivity contribution in [2.45, 2.75) is 63.2 Å². The number of hydrogen-bond donors (Lipinski definition) is 3. The molecule has 0 heterocycles. The number of aliphatic hydroxyl groups excluding tert-OH is 1. The van der Waals surface area contributed by atoms with E-state index < -0.39 is 6.23 Å². The number of thioether (sulfide) groups is 1. The van der Waals surface area contributed by atoms with Crippen molar-refractivity contribution in [3.8, 4) is 0 Å². The molecule has 17 heavy (non-hydrogen) atoms. The van der Waals surface area contributed by atoms with Crippen molar-refractivity contribution in [2.75, 3.05) is 6.54 Å². The predicted octanol–water partition coefficient (Wildman–Crippen LogP) is 1.47. The SMILES string of the molecule is CC(=O)NC(O)[C@H](CCCCN)SC(C)(C)C. The van der Waals surface area contributed by atoms with Crippen LogP contribution < -0.4 is 11.1 Å². The first-order chi connectivity index (χ1) is 7.76. The maximum absolute atomic E-state index is 11.0. The van der Waals surface area contributed by atoms with Crippen LogP contribution in [0.25, 0.3) is 0 Å². The Balaban J connectivity index is 4.32. The van der Waals surface area contributed by atoms with Gasteiger partial charge in [-0.05, 0) is 19.4 Å². The van der Waals surface area contributed by atoms with E-state index in [0.717, 1.165) is 19.3 Å². The van der Waals surface area contributed by atoms with Crippen molar-refractivity contribution in [1.29, 1.82) is 0 Å². The van der Waals surface area contributed by atoms with E-state index in [9.17, 15) is 9.90 Å². The number of amides is 1. The van der Waals surface area contributed by atoms with Crippen molar-refractivity contribution < 1.29 is 9.90 Å². The number of carbonyl (C=O) groups excluding carboxylic acids is 1. The molecule has 0 aromatic rings. The van der Waals surface area contributed by atoms with Crippen LogP contribution in [0.15, 0.2) is 0 Å². The Labute approximate surface area is 109 Å². The zero-order valence-electron chi connectivity index (χ0n) is 11.3. The van der Waals surface area contributed by atoms with Gasteiger partial charge in [-0.1, -0.05) is 27.2 Å². The Morgan fingerprint density at radius 3 is 2.41 bits per heavy atom. The van der Waals surface area contributed by atoms with Gasteiger partial charge in [0.15, 0.2) is 0 Å². The van der Waals surface area contributed by atoms with Gasteiger partial charge in [0.25, 0.3) is 0 Å². The van der Waals surface area contributed by atoms with Gasteiger partial charge in [0, 0.05) is 16.9 Å². The van der Waals surface area contributed by atoms with E-state index in [2.05, 4.69) is 26.1 Å². The van der Waals surface area contributed by atoms with Crippen LogP contribution in [-0.2, 0) is 4.79 Å². The molecule has 0 aliphatic carbocycles. The molecule has 0 aromatic carbocycles. The molecule has 0 aromatic heterocycles. The lowest BCUT2D eigenvalue weighted by molar-refractivity contribution is -0.121. The van der Waals surface area contributed by atoms with Crippen molar-refractivity contribution in [3.05, 3.63) is 0 Å². The highest BCUT2D eigenvalue weighted by Crippen LogP contribution is 2.32. The van der Waals surface area contributed by atoms with E-state index >= 15 is 0 Å². The summed E-state index contributed by atoms with van der Waals surface area (Å²) >= 11 is 1.70. The van der Waals surface area contributed by atoms with Crippen LogP contribution in [-0.4, -0.2) is 33.8 Å². The van der Waals surface area contributed by atoms with Crippen LogP contribution in [0.4, 0.5) is 0 Å². The van der Waals surface area contributed by atoms with E-state index in [0.29, 0.717) is 6.54 Å². The normalized spacial score (nSPS) is 15.4. The molecule has 2 atom stereocenters. The average Bonchev–Trinajstić information content (AvgIpc) is 2.13. The fraction of sp³-hybridized carbons (Fsp3) is 0.917. The third-order valence-electron chi connectivity index (χ3n) is 2.15. The molecular weight excluding hydrogens is 236 g/mol. The lowest BCUT2D eigenvalue weighted by Gasteiger charge is -2.29. The minimum absolute atomic E-state index is 0.0189. The number of carbonyl (C=O) groups is 1. The summed E-state index contributed by atoms with van der Waals surface area (Å²) in [4.78, 5) is 11.0. The van der Waals surface area contributed by atoms with Gasteiger partial charge in [0.1, 0.15) is 6.23 Å². The van der Waals surface area contributed by atoms with E-state index in [-0.39, 0.29) is 15.9 Å². The van der Waals surface area contributed by atoms with E-state index in [4.69, 9.17) is 5.73 Å². The van der Waals surface area contributed by atoms with Gasteiger partial charge < -0.3 is 16.2 Å². The van der Waals surface area contributed by atoms with Crippen molar-refractivity contribution in [2.24, 2.45) is 5.73 Å². The fourth-order valence-electron chi connectivity index (χ4n) is 1.53. The third-order valence-corrected chi connectivity index (χ3v) is 3.65. The summed E-state index contributed by atoms with van der Waals surface area (Å²) in [5, 5.41) is 12.5. The zero-order chi connectivity index (χ0) is 13.5. The summed E-state index contributed by atoms with van der Waals surface area (Å²) in [7, 11) is 0. The highest BCUT2D eigenvalue weighted by molar-refractivity contribution is 8.01. The second-order valence-corrected chi connectivity index (χ2v) is 7.26. The van der Waals surface area contributed by atoms with Gasteiger partial charge in [-0.2, -0.15) is 0 Å². The number of unbranched alkanes of at least 4 members (excludes halogenated alkanes) is 1. The average molecular weight is 262 g/mol. The smallest absolute Gasteiger partial charge is 0.218 e. The fourth-order valence-corrected chi connectivity index (χ4v) is 2.92. The molecule has 0 radical (unpaired) electrons. The molecule has 5 heteroatoms. The molecule has 1 amide bonds. The Hall–Kier alpha value is -0.260. The van der Waals surface area contributed by atoms with Gasteiger partial charge in [-0.15, -0.1) is 11.8 Å². The van der Waals surface area contributed by atoms with Crippen molar-refractivity contribution >= 4 is 17.7 Å². The van der Waals surface area contributed by atoms with Crippen molar-refractivity contribution in [3.63, 3.8) is 0 Å². The minimum atomic E-state index is -0.783. The number of nitrogens with two attached hydrogens (primary N) is 1. The van der Waals surface area contributed by atoms with Crippen LogP contribution in [0, 0.1) is 0 Å². The molecule has 0 rings (SSSR count). The molecular formula is C12H26N2O2S. The van der Waals surface area contributed by atoms with Crippen LogP contribution in [0.1, 0.15) is 47.0 Å². The molecule has 0 aliphatic rings. The Bertz CT molecular complexity index is 229. The second-order valence-electron chi connectivity index (χ2n) is 5.20. The molecule has 0 fully saturated rings. The summed E-state index contributed by atoms with van der Waals surface area (Å²) in [5.41, 5.74) is 5.46. The van der Waals surface area contributed by atoms with Gasteiger partial charge in [-0.25, -0.2) is 0 Å². The van der Waals surface area contributed by atoms with Crippen LogP contribution in [0.5, 0.6) is 0 Å². The Kier molecular flexibility index (Phi) is 7.83. The molecule has 0 saturated carbocycles. The lowest BCUT2D eigenvalue weighted by Crippen LogP contribution is -2.42. The lowest BCUT2D eigenvalue weighted by atomic mass is 10.1. The minimum Gasteiger partial charge on any atom is -0.373 e. The summed E-state index contributed by atoms with van der Waals surface area (Å²) in [6, 6.07) is 0. The molecule has 4 N–H and O–H groups in total. The summed E-state index contributed by atoms with van der Waals surface area (Å²) < 4.78 is 0.0623. The molecule has 0 saturated heterocycles. The third kappa shape index (κ3) is 9.44. The predicted molar refractivity (Wildman–Crippen MR) is 73.9 cm³/mol. The van der Waals surface area contributed by atoms with Gasteiger partial charge in [0.2, 0.25) is 5.91 Å². The van der Waals surface area contributed by atoms with E-state index in [1.807, 2.05) is 0 Å². The monoisotopic (exact) mass is 262 g/mol. The summed E-state index contributed by atoms with van der Waals surface area (Å²) in [6.45, 7) is 8.40. The van der Waals surface area contributed by atoms with Gasteiger partial charge >= 0.3 is 0 Å². The number of nitrogens with one attached hydrogen (secondary N) is 1. The molecule has 4 nitrogen and oxygen atoms in total. The standard InChI is InChI=1S/C12H26N2O2S/c1-9(15)14-11(16)10(7-5-6-8-13)17-12(2,3)4/h10-11,16H,5-8,13H2,1-4H3,(H,14,15)/t10-,11?/m0/s1. The largest absolute Gasteiger partial charge is 0.373 e. The van der Waals surface area contributed by atoms with Gasteiger partial charge in [-0.3, -0.25) is 4.79 Å². The van der Waals surface area contributed by atoms with E-state index in [1.165, 1.54) is 6.92 Å². The highest BCUT2D eigenvalue weighted by atomic mass is 32.2. The number of hydrogen-bond acceptors (Lipinski definition) is 4. The maximum atomic E-state index is 11.0. The Morgan fingerprint density at radius 1 is 1.41 bits per heavy atom. The molecule has 0 aliphatic heterocycles. The second kappa shape index (κ2) is 7.95. The van der Waals surface area contributed by atoms with Crippen LogP contribution >= 0.6 is 11.8 Å². The number of aliphatic hydroxyl groups is 1. The zero-order valence-corrected chi connectivity index (χ0v) is 12.1. The first-order valence-electron chi connectivity index (χ1n) is 6.09. The first-order valence-corrected chi connectivity index (χ1v) is 6.97. The first kappa shape index (κ1) is 16.7. The summed E-state index contributed by atoms with van der Waals surface area (Å²) in [5.74, 6) is -0.198. The Morgan fingerprint density at radius 2 is 2.00 bits per heavy atom. The van der Waals surface area contributed by atoms with Crippen LogP contribution in [0.2, 0.25) is 0 Å². The van der Waals surface area contributed by atoms with E-state index in [1.54, 1.807) is 11.8 Å². The highest BCUT2D eigenvalue weighted by Gasteiger charge is 2.25. The maximum Gasteiger partial charge on any atom is 0.218 e. The quantitative estimate of drug-likeness (QED) is 0.480. The molecule has 102 valence electrons. The van der Waals surface area contributed by atoms with Crippen molar-refractivity contribution in [1.82, 2.24) is 5.32 Å². The van der Waals surface area contributed by atoms with Crippen LogP contribution in [0.3, 0.4) is 0 Å². The number of rotatable bonds is 7. The summed E-state index contributed by atoms with van der Waals surface area (Å²) in [6.07, 6.45) is 2.00. The molecule has 0 spiro atoms. The van der Waals surface area contributed by atoms with Gasteiger partial charge in [0.05, 0.1) is 0 Å². The molecule has 0 bridgehead atoms.